The summed E-state index contributed by atoms with van der Waals surface area (Å²) in [5.41, 5.74) is 0. The van der Waals surface area contributed by atoms with Gasteiger partial charge in [-0.3, -0.25) is 4.84 Å². The second kappa shape index (κ2) is 1.98. The summed E-state index contributed by atoms with van der Waals surface area (Å²) in [6, 6.07) is 0. The zero-order valence-corrected chi connectivity index (χ0v) is 4.75. The van der Waals surface area contributed by atoms with Crippen LogP contribution >= 0.6 is 23.2 Å². The summed E-state index contributed by atoms with van der Waals surface area (Å²) in [7, 11) is 0. The molecule has 0 bridgehead atoms. The summed E-state index contributed by atoms with van der Waals surface area (Å²) >= 11 is 10.3. The van der Waals surface area contributed by atoms with E-state index in [9.17, 15) is 0 Å². The van der Waals surface area contributed by atoms with Gasteiger partial charge in [0.05, 0.1) is 0 Å². The summed E-state index contributed by atoms with van der Waals surface area (Å²) in [6.07, 6.45) is 0. The van der Waals surface area contributed by atoms with Gasteiger partial charge < -0.3 is 0 Å². The normalized spacial score (nSPS) is 12.0. The predicted molar refractivity (Wildman–Crippen MR) is 25.4 cm³/mol. The molecule has 0 heterocycles. The average Bonchev–Trinajstić information content (AvgIpc) is 1.35. The van der Waals surface area contributed by atoms with Crippen molar-refractivity contribution >= 4 is 23.2 Å². The molecule has 0 rings (SSSR count). The monoisotopic (exact) mass is 129 g/mol. The Bertz CT molecular complexity index is 41.3. The molecule has 0 saturated heterocycles. The number of hydrogen-bond donors (Lipinski definition) is 1. The molecule has 0 aliphatic heterocycles. The van der Waals surface area contributed by atoms with Gasteiger partial charge in [-0.1, -0.05) is 23.2 Å². The maximum atomic E-state index is 5.14. The van der Waals surface area contributed by atoms with Gasteiger partial charge in [-0.2, -0.15) is 0 Å². The first-order chi connectivity index (χ1) is 2.56. The van der Waals surface area contributed by atoms with E-state index >= 15 is 0 Å². The molecule has 2 N–H and O–H groups in total. The van der Waals surface area contributed by atoms with Gasteiger partial charge in [-0.15, -0.1) is 0 Å². The third kappa shape index (κ3) is 4.50. The Hall–Kier alpha value is 0.500. The lowest BCUT2D eigenvalue weighted by molar-refractivity contribution is 0.0923. The van der Waals surface area contributed by atoms with Gasteiger partial charge >= 0.3 is 0 Å². The van der Waals surface area contributed by atoms with E-state index in [1.165, 1.54) is 6.92 Å². The van der Waals surface area contributed by atoms with Gasteiger partial charge in [-0.25, -0.2) is 5.90 Å². The van der Waals surface area contributed by atoms with E-state index in [0.717, 1.165) is 0 Å². The minimum atomic E-state index is -1.24. The van der Waals surface area contributed by atoms with Crippen LogP contribution in [0.2, 0.25) is 0 Å². The van der Waals surface area contributed by atoms with Crippen LogP contribution < -0.4 is 5.90 Å². The number of alkyl halides is 2. The summed E-state index contributed by atoms with van der Waals surface area (Å²) in [5.74, 6) is 4.54. The zero-order valence-electron chi connectivity index (χ0n) is 3.24. The third-order valence-electron chi connectivity index (χ3n) is 0.207. The lowest BCUT2D eigenvalue weighted by Crippen LogP contribution is -2.16. The average molecular weight is 130 g/mol. The van der Waals surface area contributed by atoms with Crippen LogP contribution in [0.1, 0.15) is 6.92 Å². The number of nitrogens with two attached hydrogens (primary N) is 1. The second-order valence-corrected chi connectivity index (χ2v) is 2.56. The van der Waals surface area contributed by atoms with Gasteiger partial charge in [0.1, 0.15) is 0 Å². The lowest BCUT2D eigenvalue weighted by Gasteiger charge is -2.06. The van der Waals surface area contributed by atoms with E-state index in [-0.39, 0.29) is 0 Å². The summed E-state index contributed by atoms with van der Waals surface area (Å²) in [5, 5.41) is 0. The van der Waals surface area contributed by atoms with Gasteiger partial charge in [0.2, 0.25) is 4.52 Å². The molecule has 0 atom stereocenters. The largest absolute Gasteiger partial charge is 0.266 e. The molecule has 0 aromatic carbocycles. The molecular formula is C2H5Cl2NO. The van der Waals surface area contributed by atoms with Crippen LogP contribution in [0.25, 0.3) is 0 Å². The van der Waals surface area contributed by atoms with Gasteiger partial charge in [-0.05, 0) is 6.92 Å². The Morgan fingerprint density at radius 3 is 1.83 bits per heavy atom. The molecule has 0 aromatic rings. The molecule has 0 spiro atoms. The first-order valence-electron chi connectivity index (χ1n) is 1.32. The van der Waals surface area contributed by atoms with Crippen LogP contribution in [-0.4, -0.2) is 4.52 Å². The number of halogens is 2. The first kappa shape index (κ1) is 6.50. The van der Waals surface area contributed by atoms with Crippen molar-refractivity contribution in [2.75, 3.05) is 0 Å². The maximum absolute atomic E-state index is 5.14. The maximum Gasteiger partial charge on any atom is 0.232 e. The molecule has 4 heteroatoms. The molecule has 0 aliphatic carbocycles. The zero-order chi connectivity index (χ0) is 5.21. The molecular weight excluding hydrogens is 125 g/mol. The van der Waals surface area contributed by atoms with E-state index in [4.69, 9.17) is 23.2 Å². The highest BCUT2D eigenvalue weighted by Gasteiger charge is 2.13. The first-order valence-corrected chi connectivity index (χ1v) is 2.07. The highest BCUT2D eigenvalue weighted by molar-refractivity contribution is 6.46. The molecule has 0 aliphatic rings. The fourth-order valence-corrected chi connectivity index (χ4v) is 0. The Morgan fingerprint density at radius 2 is 1.83 bits per heavy atom. The Labute approximate surface area is 46.1 Å². The van der Waals surface area contributed by atoms with Crippen molar-refractivity contribution in [1.29, 1.82) is 0 Å². The smallest absolute Gasteiger partial charge is 0.232 e. The van der Waals surface area contributed by atoms with Gasteiger partial charge in [0, 0.05) is 0 Å². The second-order valence-electron chi connectivity index (χ2n) is 0.926. The highest BCUT2D eigenvalue weighted by atomic mass is 35.5. The van der Waals surface area contributed by atoms with Crippen molar-refractivity contribution in [3.05, 3.63) is 0 Å². The minimum absolute atomic E-state index is 1.24. The van der Waals surface area contributed by atoms with Gasteiger partial charge in [0.25, 0.3) is 0 Å². The lowest BCUT2D eigenvalue weighted by atomic mass is 10.9. The molecule has 0 fully saturated rings. The van der Waals surface area contributed by atoms with Crippen LogP contribution in [0, 0.1) is 0 Å². The minimum Gasteiger partial charge on any atom is -0.266 e. The van der Waals surface area contributed by atoms with Crippen molar-refractivity contribution in [2.45, 2.75) is 11.4 Å². The summed E-state index contributed by atoms with van der Waals surface area (Å²) in [6.45, 7) is 1.43. The van der Waals surface area contributed by atoms with Crippen LogP contribution in [0.3, 0.4) is 0 Å². The summed E-state index contributed by atoms with van der Waals surface area (Å²) < 4.78 is -1.24. The van der Waals surface area contributed by atoms with Crippen molar-refractivity contribution in [3.8, 4) is 0 Å². The fraction of sp³-hybridized carbons (Fsp3) is 1.00. The molecule has 0 radical (unpaired) electrons. The predicted octanol–water partition coefficient (Wildman–Crippen LogP) is 1.03. The molecule has 38 valence electrons. The van der Waals surface area contributed by atoms with E-state index in [1.807, 2.05) is 0 Å². The van der Waals surface area contributed by atoms with Crippen LogP contribution in [0.5, 0.6) is 0 Å². The van der Waals surface area contributed by atoms with Crippen molar-refractivity contribution < 1.29 is 4.84 Å². The molecule has 2 nitrogen and oxygen atoms in total. The molecule has 6 heavy (non-hydrogen) atoms. The number of rotatable bonds is 1. The molecule has 0 aromatic heterocycles. The van der Waals surface area contributed by atoms with E-state index < -0.39 is 4.52 Å². The SMILES string of the molecule is CC(Cl)(Cl)ON. The third-order valence-corrected chi connectivity index (χ3v) is 0.385. The van der Waals surface area contributed by atoms with Crippen LogP contribution in [0.4, 0.5) is 0 Å². The van der Waals surface area contributed by atoms with Crippen molar-refractivity contribution in [2.24, 2.45) is 5.90 Å². The van der Waals surface area contributed by atoms with Crippen LogP contribution in [-0.2, 0) is 4.84 Å². The van der Waals surface area contributed by atoms with Crippen molar-refractivity contribution in [1.82, 2.24) is 0 Å². The Morgan fingerprint density at radius 1 is 1.67 bits per heavy atom. The topological polar surface area (TPSA) is 35.2 Å². The van der Waals surface area contributed by atoms with Gasteiger partial charge in [0.15, 0.2) is 0 Å². The summed E-state index contributed by atoms with van der Waals surface area (Å²) in [4.78, 5) is 3.97. The van der Waals surface area contributed by atoms with E-state index in [2.05, 4.69) is 10.7 Å². The highest BCUT2D eigenvalue weighted by Crippen LogP contribution is 2.17. The molecule has 0 saturated carbocycles. The van der Waals surface area contributed by atoms with E-state index in [1.54, 1.807) is 0 Å². The number of hydrogen-bond acceptors (Lipinski definition) is 2. The van der Waals surface area contributed by atoms with Crippen LogP contribution in [0.15, 0.2) is 0 Å². The molecule has 0 amide bonds. The van der Waals surface area contributed by atoms with E-state index in [0.29, 0.717) is 0 Å². The fourth-order valence-electron chi connectivity index (χ4n) is 0. The van der Waals surface area contributed by atoms with Crippen molar-refractivity contribution in [3.63, 3.8) is 0 Å². The Kier molecular flexibility index (Phi) is 2.15. The Balaban J connectivity index is 3.17. The standard InChI is InChI=1S/C2H5Cl2NO/c1-2(3,4)6-5/h5H2,1H3. The quantitative estimate of drug-likeness (QED) is 0.424. The molecule has 0 unspecified atom stereocenters.